The molecule has 160 valence electrons. The van der Waals surface area contributed by atoms with Crippen LogP contribution in [0.1, 0.15) is 38.8 Å². The first-order chi connectivity index (χ1) is 13.4. The van der Waals surface area contributed by atoms with Gasteiger partial charge in [-0.15, -0.1) is 0 Å². The van der Waals surface area contributed by atoms with Gasteiger partial charge in [0.15, 0.2) is 0 Å². The molecular formula is C21H24Br4O4. The summed E-state index contributed by atoms with van der Waals surface area (Å²) in [6, 6.07) is 7.64. The number of aliphatic hydroxyl groups is 2. The molecule has 0 fully saturated rings. The smallest absolute Gasteiger partial charge is 0.121 e. The lowest BCUT2D eigenvalue weighted by Crippen LogP contribution is -2.22. The van der Waals surface area contributed by atoms with Crippen molar-refractivity contribution in [1.29, 1.82) is 0 Å². The molecule has 2 unspecified atom stereocenters. The van der Waals surface area contributed by atoms with Gasteiger partial charge in [0.25, 0.3) is 0 Å². The summed E-state index contributed by atoms with van der Waals surface area (Å²) in [4.78, 5) is 0. The maximum absolute atomic E-state index is 9.45. The zero-order valence-electron chi connectivity index (χ0n) is 16.6. The molecule has 0 radical (unpaired) electrons. The van der Waals surface area contributed by atoms with E-state index in [2.05, 4.69) is 77.6 Å². The van der Waals surface area contributed by atoms with E-state index >= 15 is 0 Å². The van der Waals surface area contributed by atoms with Crippen molar-refractivity contribution >= 4 is 63.7 Å². The molecule has 0 spiro atoms. The summed E-state index contributed by atoms with van der Waals surface area (Å²) in [5.74, 6) is 1.34. The van der Waals surface area contributed by atoms with Crippen molar-refractivity contribution in [3.63, 3.8) is 0 Å². The summed E-state index contributed by atoms with van der Waals surface area (Å²) in [6.07, 6.45) is -1.07. The molecule has 2 aromatic carbocycles. The van der Waals surface area contributed by atoms with Crippen molar-refractivity contribution in [3.05, 3.63) is 53.3 Å². The average molecular weight is 660 g/mol. The number of hydrogen-bond acceptors (Lipinski definition) is 4. The summed E-state index contributed by atoms with van der Waals surface area (Å²) in [6.45, 7) is 8.10. The van der Waals surface area contributed by atoms with Gasteiger partial charge < -0.3 is 19.7 Å². The molecule has 2 rings (SSSR count). The molecule has 0 aromatic heterocycles. The Balaban J connectivity index is 2.44. The Hall–Kier alpha value is -0.120. The monoisotopic (exact) mass is 656 g/mol. The molecular weight excluding hydrogens is 636 g/mol. The van der Waals surface area contributed by atoms with Gasteiger partial charge in [0.2, 0.25) is 0 Å². The van der Waals surface area contributed by atoms with Crippen LogP contribution in [0.4, 0.5) is 0 Å². The van der Waals surface area contributed by atoms with Gasteiger partial charge in [-0.05, 0) is 49.2 Å². The molecule has 4 nitrogen and oxygen atoms in total. The van der Waals surface area contributed by atoms with E-state index < -0.39 is 12.2 Å². The summed E-state index contributed by atoms with van der Waals surface area (Å²) >= 11 is 14.7. The lowest BCUT2D eigenvalue weighted by Gasteiger charge is -2.31. The summed E-state index contributed by atoms with van der Waals surface area (Å²) < 4.78 is 14.9. The minimum absolute atomic E-state index is 0.229. The summed E-state index contributed by atoms with van der Waals surface area (Å²) in [5, 5.41) is 18.9. The molecule has 2 atom stereocenters. The highest BCUT2D eigenvalue weighted by molar-refractivity contribution is 9.11. The van der Waals surface area contributed by atoms with Gasteiger partial charge in [0.05, 0.1) is 12.2 Å². The second-order valence-corrected chi connectivity index (χ2v) is 10.9. The second kappa shape index (κ2) is 10.5. The average Bonchev–Trinajstić information content (AvgIpc) is 2.56. The van der Waals surface area contributed by atoms with Gasteiger partial charge in [-0.3, -0.25) is 0 Å². The van der Waals surface area contributed by atoms with Crippen LogP contribution in [0.15, 0.2) is 42.2 Å². The van der Waals surface area contributed by atoms with Crippen molar-refractivity contribution in [2.75, 3.05) is 13.2 Å². The van der Waals surface area contributed by atoms with E-state index in [-0.39, 0.29) is 18.6 Å². The number of ether oxygens (including phenoxy) is 2. The lowest BCUT2D eigenvalue weighted by molar-refractivity contribution is 0.122. The summed E-state index contributed by atoms with van der Waals surface area (Å²) in [7, 11) is 0. The van der Waals surface area contributed by atoms with Crippen molar-refractivity contribution in [1.82, 2.24) is 0 Å². The Morgan fingerprint density at radius 1 is 0.724 bits per heavy atom. The Morgan fingerprint density at radius 2 is 1.00 bits per heavy atom. The van der Waals surface area contributed by atoms with Crippen LogP contribution >= 0.6 is 63.7 Å². The van der Waals surface area contributed by atoms with Gasteiger partial charge >= 0.3 is 0 Å². The maximum atomic E-state index is 9.45. The van der Waals surface area contributed by atoms with Crippen LogP contribution in [-0.4, -0.2) is 35.6 Å². The van der Waals surface area contributed by atoms with E-state index in [1.54, 1.807) is 13.8 Å². The summed E-state index contributed by atoms with van der Waals surface area (Å²) in [5.41, 5.74) is 1.72. The number of aliphatic hydroxyl groups excluding tert-OH is 2. The van der Waals surface area contributed by atoms with E-state index in [1.807, 2.05) is 24.3 Å². The van der Waals surface area contributed by atoms with E-state index in [4.69, 9.17) is 9.47 Å². The fraction of sp³-hybridized carbons (Fsp3) is 0.429. The Labute approximate surface area is 205 Å². The number of halogens is 4. The fourth-order valence-corrected chi connectivity index (χ4v) is 7.29. The van der Waals surface area contributed by atoms with Crippen LogP contribution in [-0.2, 0) is 5.41 Å². The predicted octanol–water partition coefficient (Wildman–Crippen LogP) is 6.58. The quantitative estimate of drug-likeness (QED) is 0.336. The highest BCUT2D eigenvalue weighted by Gasteiger charge is 2.32. The predicted molar refractivity (Wildman–Crippen MR) is 130 cm³/mol. The SMILES string of the molecule is CC(O)COc1cc(Br)c(C(C)(C)c2c(Br)cc(OCC(C)O)cc2Br)c(Br)c1. The molecule has 0 saturated carbocycles. The molecule has 0 aliphatic heterocycles. The Kier molecular flexibility index (Phi) is 9.07. The number of hydrogen-bond donors (Lipinski definition) is 2. The van der Waals surface area contributed by atoms with Crippen molar-refractivity contribution in [2.24, 2.45) is 0 Å². The van der Waals surface area contributed by atoms with Gasteiger partial charge in [0, 0.05) is 23.3 Å². The molecule has 0 amide bonds. The first kappa shape index (κ1) is 25.1. The van der Waals surface area contributed by atoms with E-state index in [0.29, 0.717) is 11.5 Å². The molecule has 0 heterocycles. The van der Waals surface area contributed by atoms with Gasteiger partial charge in [-0.2, -0.15) is 0 Å². The van der Waals surface area contributed by atoms with E-state index in [0.717, 1.165) is 29.0 Å². The topological polar surface area (TPSA) is 58.9 Å². The second-order valence-electron chi connectivity index (χ2n) is 7.47. The minimum Gasteiger partial charge on any atom is -0.491 e. The molecule has 0 aliphatic carbocycles. The first-order valence-electron chi connectivity index (χ1n) is 9.04. The van der Waals surface area contributed by atoms with Crippen molar-refractivity contribution in [2.45, 2.75) is 45.3 Å². The largest absolute Gasteiger partial charge is 0.491 e. The Bertz CT molecular complexity index is 750. The third-order valence-electron chi connectivity index (χ3n) is 4.26. The van der Waals surface area contributed by atoms with Crippen LogP contribution in [0.5, 0.6) is 11.5 Å². The van der Waals surface area contributed by atoms with Crippen LogP contribution in [0.3, 0.4) is 0 Å². The van der Waals surface area contributed by atoms with Crippen LogP contribution < -0.4 is 9.47 Å². The molecule has 0 bridgehead atoms. The molecule has 0 aliphatic rings. The van der Waals surface area contributed by atoms with Gasteiger partial charge in [-0.25, -0.2) is 0 Å². The highest BCUT2D eigenvalue weighted by Crippen LogP contribution is 2.47. The fourth-order valence-electron chi connectivity index (χ4n) is 3.02. The van der Waals surface area contributed by atoms with Crippen LogP contribution in [0.2, 0.25) is 0 Å². The van der Waals surface area contributed by atoms with Crippen molar-refractivity contribution in [3.8, 4) is 11.5 Å². The third-order valence-corrected chi connectivity index (χ3v) is 6.77. The maximum Gasteiger partial charge on any atom is 0.121 e. The molecule has 2 N–H and O–H groups in total. The zero-order valence-corrected chi connectivity index (χ0v) is 22.9. The Morgan fingerprint density at radius 3 is 1.24 bits per heavy atom. The number of rotatable bonds is 8. The van der Waals surface area contributed by atoms with E-state index in [9.17, 15) is 10.2 Å². The zero-order chi connectivity index (χ0) is 21.9. The molecule has 2 aromatic rings. The highest BCUT2D eigenvalue weighted by atomic mass is 79.9. The van der Waals surface area contributed by atoms with Crippen molar-refractivity contribution < 1.29 is 19.7 Å². The standard InChI is InChI=1S/C21H24Br4O4/c1-11(26)9-28-13-5-15(22)19(16(23)6-13)21(3,4)20-17(24)7-14(8-18(20)25)29-10-12(2)27/h5-8,11-12,26-27H,9-10H2,1-4H3. The minimum atomic E-state index is -0.537. The van der Waals surface area contributed by atoms with Crippen LogP contribution in [0, 0.1) is 0 Å². The molecule has 0 saturated heterocycles. The van der Waals surface area contributed by atoms with Crippen LogP contribution in [0.25, 0.3) is 0 Å². The molecule has 8 heteroatoms. The van der Waals surface area contributed by atoms with Gasteiger partial charge in [-0.1, -0.05) is 77.6 Å². The first-order valence-corrected chi connectivity index (χ1v) is 12.2. The lowest BCUT2D eigenvalue weighted by atomic mass is 9.78. The third kappa shape index (κ3) is 6.43. The number of benzene rings is 2. The van der Waals surface area contributed by atoms with E-state index in [1.165, 1.54) is 0 Å². The normalized spacial score (nSPS) is 13.9. The van der Waals surface area contributed by atoms with Gasteiger partial charge in [0.1, 0.15) is 24.7 Å². The molecule has 29 heavy (non-hydrogen) atoms.